The summed E-state index contributed by atoms with van der Waals surface area (Å²) in [7, 11) is 2.34. The summed E-state index contributed by atoms with van der Waals surface area (Å²) in [5.74, 6) is 3.23. The normalized spacial score (nSPS) is 58.0. The van der Waals surface area contributed by atoms with Crippen LogP contribution >= 0.6 is 0 Å². The summed E-state index contributed by atoms with van der Waals surface area (Å²) in [5, 5.41) is 0. The Hall–Kier alpha value is -0.0400. The van der Waals surface area contributed by atoms with Gasteiger partial charge in [-0.15, -0.1) is 0 Å². The second kappa shape index (κ2) is 2.25. The summed E-state index contributed by atoms with van der Waals surface area (Å²) in [6.07, 6.45) is 6.16. The van der Waals surface area contributed by atoms with E-state index in [1.54, 1.807) is 12.8 Å². The van der Waals surface area contributed by atoms with Gasteiger partial charge in [0.15, 0.2) is 0 Å². The number of hydrogen-bond acceptors (Lipinski definition) is 1. The first-order chi connectivity index (χ1) is 5.77. The molecule has 0 spiro atoms. The Balaban J connectivity index is 1.95. The molecule has 4 bridgehead atoms. The molecule has 5 atom stereocenters. The average molecular weight is 165 g/mol. The number of rotatable bonds is 0. The van der Waals surface area contributed by atoms with Crippen molar-refractivity contribution in [3.05, 3.63) is 0 Å². The smallest absolute Gasteiger partial charge is 0.0127 e. The van der Waals surface area contributed by atoms with E-state index in [2.05, 4.69) is 18.9 Å². The van der Waals surface area contributed by atoms with Crippen LogP contribution in [0.3, 0.4) is 0 Å². The molecule has 3 aliphatic rings. The van der Waals surface area contributed by atoms with Crippen LogP contribution in [0.25, 0.3) is 0 Å². The van der Waals surface area contributed by atoms with Crippen molar-refractivity contribution in [1.82, 2.24) is 4.90 Å². The van der Waals surface area contributed by atoms with Crippen molar-refractivity contribution in [3.63, 3.8) is 0 Å². The predicted octanol–water partition coefficient (Wildman–Crippen LogP) is 2.13. The predicted molar refractivity (Wildman–Crippen MR) is 50.0 cm³/mol. The monoisotopic (exact) mass is 165 g/mol. The lowest BCUT2D eigenvalue weighted by Gasteiger charge is -2.28. The second-order valence-electron chi connectivity index (χ2n) is 5.21. The van der Waals surface area contributed by atoms with Crippen LogP contribution in [0.2, 0.25) is 0 Å². The lowest BCUT2D eigenvalue weighted by atomic mass is 9.79. The average Bonchev–Trinajstić information content (AvgIpc) is 2.56. The molecular formula is C11H19N. The molecule has 2 aliphatic carbocycles. The molecule has 5 unspecified atom stereocenters. The van der Waals surface area contributed by atoms with Gasteiger partial charge < -0.3 is 4.90 Å². The molecule has 1 nitrogen and oxygen atoms in total. The van der Waals surface area contributed by atoms with Crippen molar-refractivity contribution in [1.29, 1.82) is 0 Å². The van der Waals surface area contributed by atoms with Gasteiger partial charge in [0, 0.05) is 12.1 Å². The Morgan fingerprint density at radius 1 is 1.08 bits per heavy atom. The van der Waals surface area contributed by atoms with Gasteiger partial charge in [-0.3, -0.25) is 0 Å². The first-order valence-electron chi connectivity index (χ1n) is 5.49. The zero-order chi connectivity index (χ0) is 8.29. The van der Waals surface area contributed by atoms with Gasteiger partial charge in [0.2, 0.25) is 0 Å². The zero-order valence-corrected chi connectivity index (χ0v) is 8.16. The largest absolute Gasteiger partial charge is 0.300 e. The maximum atomic E-state index is 2.66. The third-order valence-electron chi connectivity index (χ3n) is 4.96. The summed E-state index contributed by atoms with van der Waals surface area (Å²) >= 11 is 0. The van der Waals surface area contributed by atoms with E-state index in [9.17, 15) is 0 Å². The molecule has 3 fully saturated rings. The van der Waals surface area contributed by atoms with Gasteiger partial charge in [-0.1, -0.05) is 0 Å². The van der Waals surface area contributed by atoms with Gasteiger partial charge in [0.05, 0.1) is 0 Å². The van der Waals surface area contributed by atoms with Gasteiger partial charge >= 0.3 is 0 Å². The van der Waals surface area contributed by atoms with Crippen molar-refractivity contribution < 1.29 is 0 Å². The molecule has 12 heavy (non-hydrogen) atoms. The maximum absolute atomic E-state index is 2.66. The van der Waals surface area contributed by atoms with Crippen LogP contribution in [0.5, 0.6) is 0 Å². The van der Waals surface area contributed by atoms with Crippen molar-refractivity contribution >= 4 is 0 Å². The lowest BCUT2D eigenvalue weighted by molar-refractivity contribution is 0.196. The zero-order valence-electron chi connectivity index (χ0n) is 8.16. The summed E-state index contributed by atoms with van der Waals surface area (Å²) in [5.41, 5.74) is 0. The Labute approximate surface area is 75.1 Å². The molecule has 3 rings (SSSR count). The number of fused-ring (bicyclic) bond motifs is 6. The van der Waals surface area contributed by atoms with E-state index in [4.69, 9.17) is 0 Å². The first kappa shape index (κ1) is 7.37. The van der Waals surface area contributed by atoms with Crippen LogP contribution in [-0.2, 0) is 0 Å². The third-order valence-corrected chi connectivity index (χ3v) is 4.96. The molecule has 0 aromatic carbocycles. The van der Waals surface area contributed by atoms with Crippen LogP contribution in [-0.4, -0.2) is 24.0 Å². The van der Waals surface area contributed by atoms with Crippen molar-refractivity contribution in [3.8, 4) is 0 Å². The molecule has 1 heteroatoms. The van der Waals surface area contributed by atoms with Crippen LogP contribution in [0, 0.1) is 17.8 Å². The van der Waals surface area contributed by atoms with Gasteiger partial charge in [0.25, 0.3) is 0 Å². The third kappa shape index (κ3) is 0.736. The van der Waals surface area contributed by atoms with Crippen LogP contribution in [0.1, 0.15) is 32.6 Å². The minimum Gasteiger partial charge on any atom is -0.300 e. The van der Waals surface area contributed by atoms with Gasteiger partial charge in [-0.05, 0) is 57.4 Å². The molecule has 2 saturated carbocycles. The molecule has 68 valence electrons. The molecule has 0 radical (unpaired) electrons. The van der Waals surface area contributed by atoms with E-state index in [0.29, 0.717) is 0 Å². The number of likely N-dealkylation sites (tertiary alicyclic amines) is 1. The number of hydrogen-bond donors (Lipinski definition) is 0. The van der Waals surface area contributed by atoms with Crippen LogP contribution < -0.4 is 0 Å². The SMILES string of the molecule is CC1C2CC(C3CCC2C3)N1C. The first-order valence-corrected chi connectivity index (χ1v) is 5.49. The Bertz CT molecular complexity index is 177. The molecule has 0 aromatic rings. The molecule has 0 aromatic heterocycles. The van der Waals surface area contributed by atoms with Crippen molar-refractivity contribution in [2.24, 2.45) is 17.8 Å². The summed E-state index contributed by atoms with van der Waals surface area (Å²) in [4.78, 5) is 2.66. The van der Waals surface area contributed by atoms with Crippen molar-refractivity contribution in [2.75, 3.05) is 7.05 Å². The number of nitrogens with zero attached hydrogens (tertiary/aromatic N) is 1. The standard InChI is InChI=1S/C11H19N/c1-7-10-6-11(12(7)2)9-4-3-8(10)5-9/h7-11H,3-6H2,1-2H3. The minimum atomic E-state index is 0.880. The summed E-state index contributed by atoms with van der Waals surface area (Å²) < 4.78 is 0. The van der Waals surface area contributed by atoms with Gasteiger partial charge in [-0.2, -0.15) is 0 Å². The summed E-state index contributed by atoms with van der Waals surface area (Å²) in [6.45, 7) is 2.44. The van der Waals surface area contributed by atoms with Gasteiger partial charge in [0.1, 0.15) is 0 Å². The van der Waals surface area contributed by atoms with Crippen molar-refractivity contribution in [2.45, 2.75) is 44.7 Å². The minimum absolute atomic E-state index is 0.880. The van der Waals surface area contributed by atoms with E-state index in [-0.39, 0.29) is 0 Å². The maximum Gasteiger partial charge on any atom is 0.0127 e. The van der Waals surface area contributed by atoms with Gasteiger partial charge in [-0.25, -0.2) is 0 Å². The highest BCUT2D eigenvalue weighted by atomic mass is 15.2. The lowest BCUT2D eigenvalue weighted by Crippen LogP contribution is -2.34. The fourth-order valence-corrected chi connectivity index (χ4v) is 4.15. The van der Waals surface area contributed by atoms with Crippen LogP contribution in [0.4, 0.5) is 0 Å². The fourth-order valence-electron chi connectivity index (χ4n) is 4.15. The summed E-state index contributed by atoms with van der Waals surface area (Å²) in [6, 6.07) is 1.84. The molecule has 0 N–H and O–H groups in total. The van der Waals surface area contributed by atoms with E-state index in [1.165, 1.54) is 12.8 Å². The Morgan fingerprint density at radius 2 is 1.83 bits per heavy atom. The van der Waals surface area contributed by atoms with E-state index in [0.717, 1.165) is 29.8 Å². The Kier molecular flexibility index (Phi) is 1.39. The van der Waals surface area contributed by atoms with E-state index in [1.807, 2.05) is 0 Å². The molecule has 1 aliphatic heterocycles. The fraction of sp³-hybridized carbons (Fsp3) is 1.00. The molecule has 0 amide bonds. The topological polar surface area (TPSA) is 3.24 Å². The van der Waals surface area contributed by atoms with E-state index < -0.39 is 0 Å². The van der Waals surface area contributed by atoms with E-state index >= 15 is 0 Å². The highest BCUT2D eigenvalue weighted by molar-refractivity contribution is 5.04. The Morgan fingerprint density at radius 3 is 2.67 bits per heavy atom. The highest BCUT2D eigenvalue weighted by Gasteiger charge is 2.51. The molecule has 1 heterocycles. The molecular weight excluding hydrogens is 146 g/mol. The molecule has 1 saturated heterocycles. The van der Waals surface area contributed by atoms with Crippen LogP contribution in [0.15, 0.2) is 0 Å². The quantitative estimate of drug-likeness (QED) is 0.531. The second-order valence-corrected chi connectivity index (χ2v) is 5.21. The highest BCUT2D eigenvalue weighted by Crippen LogP contribution is 2.53.